The van der Waals surface area contributed by atoms with Crippen LogP contribution in [0.1, 0.15) is 0 Å². The molecule has 0 amide bonds. The Hall–Kier alpha value is -2.18. The third-order valence-corrected chi connectivity index (χ3v) is 3.58. The lowest BCUT2D eigenvalue weighted by atomic mass is 10.2. The van der Waals surface area contributed by atoms with E-state index >= 15 is 0 Å². The minimum Gasteiger partial charge on any atom is -0.382 e. The maximum Gasteiger partial charge on any atom is 0.201 e. The molecule has 1 unspecified atom stereocenters. The fourth-order valence-electron chi connectivity index (χ4n) is 2.55. The van der Waals surface area contributed by atoms with Crippen molar-refractivity contribution in [2.45, 2.75) is 12.6 Å². The number of aromatic nitrogens is 3. The van der Waals surface area contributed by atoms with Crippen molar-refractivity contribution in [3.8, 4) is 0 Å². The van der Waals surface area contributed by atoms with E-state index in [9.17, 15) is 0 Å². The van der Waals surface area contributed by atoms with Crippen LogP contribution in [0.2, 0.25) is 0 Å². The maximum atomic E-state index is 6.07. The van der Waals surface area contributed by atoms with Crippen molar-refractivity contribution < 1.29 is 9.47 Å². The Morgan fingerprint density at radius 1 is 1.24 bits per heavy atom. The number of nitrogens with zero attached hydrogens (tertiary/aromatic N) is 3. The molecule has 0 aliphatic rings. The minimum absolute atomic E-state index is 0.0818. The number of hydrogen-bond acceptors (Lipinski definition) is 5. The molecule has 0 fully saturated rings. The highest BCUT2D eigenvalue weighted by atomic mass is 16.5. The van der Waals surface area contributed by atoms with Gasteiger partial charge in [0.25, 0.3) is 0 Å². The van der Waals surface area contributed by atoms with Crippen LogP contribution in [0.5, 0.6) is 0 Å². The van der Waals surface area contributed by atoms with Gasteiger partial charge in [-0.1, -0.05) is 18.2 Å². The largest absolute Gasteiger partial charge is 0.382 e. The lowest BCUT2D eigenvalue weighted by Crippen LogP contribution is -2.24. The number of fused-ring (bicyclic) bond motifs is 3. The van der Waals surface area contributed by atoms with E-state index in [1.165, 1.54) is 0 Å². The van der Waals surface area contributed by atoms with Crippen LogP contribution in [-0.4, -0.2) is 41.5 Å². The van der Waals surface area contributed by atoms with Crippen molar-refractivity contribution in [3.63, 3.8) is 0 Å². The molecule has 2 N–H and O–H groups in total. The molecule has 3 aromatic rings. The molecule has 110 valence electrons. The highest BCUT2D eigenvalue weighted by Crippen LogP contribution is 2.26. The molecule has 3 rings (SSSR count). The van der Waals surface area contributed by atoms with E-state index in [2.05, 4.69) is 9.97 Å². The normalized spacial score (nSPS) is 13.0. The molecule has 6 heteroatoms. The molecule has 2 aromatic heterocycles. The SMILES string of the molecule is COCC(Cn1c(N)nc2cnc3ccccc3c21)OC. The van der Waals surface area contributed by atoms with Crippen molar-refractivity contribution >= 4 is 27.9 Å². The summed E-state index contributed by atoms with van der Waals surface area (Å²) in [6, 6.07) is 7.96. The molecule has 1 atom stereocenters. The number of pyridine rings is 1. The van der Waals surface area contributed by atoms with Gasteiger partial charge in [-0.15, -0.1) is 0 Å². The number of ether oxygens (including phenoxy) is 2. The second-order valence-electron chi connectivity index (χ2n) is 4.90. The molecule has 0 saturated heterocycles. The van der Waals surface area contributed by atoms with E-state index in [0.29, 0.717) is 19.1 Å². The van der Waals surface area contributed by atoms with Crippen molar-refractivity contribution in [1.82, 2.24) is 14.5 Å². The number of imidazole rings is 1. The number of anilines is 1. The van der Waals surface area contributed by atoms with Crippen LogP contribution in [0, 0.1) is 0 Å². The fourth-order valence-corrected chi connectivity index (χ4v) is 2.55. The average molecular weight is 286 g/mol. The quantitative estimate of drug-likeness (QED) is 0.774. The molecule has 0 aliphatic heterocycles. The summed E-state index contributed by atoms with van der Waals surface area (Å²) in [5.41, 5.74) is 8.77. The molecular weight excluding hydrogens is 268 g/mol. The molecule has 1 aromatic carbocycles. The molecule has 0 aliphatic carbocycles. The zero-order valence-corrected chi connectivity index (χ0v) is 12.1. The Kier molecular flexibility index (Phi) is 3.72. The predicted octanol–water partition coefficient (Wildman–Crippen LogP) is 1.83. The second-order valence-corrected chi connectivity index (χ2v) is 4.90. The van der Waals surface area contributed by atoms with Crippen molar-refractivity contribution in [2.24, 2.45) is 0 Å². The number of hydrogen-bond donors (Lipinski definition) is 1. The fraction of sp³-hybridized carbons (Fsp3) is 0.333. The van der Waals surface area contributed by atoms with Crippen LogP contribution < -0.4 is 5.73 Å². The van der Waals surface area contributed by atoms with Gasteiger partial charge in [0.2, 0.25) is 5.95 Å². The lowest BCUT2D eigenvalue weighted by molar-refractivity contribution is 0.0193. The molecule has 21 heavy (non-hydrogen) atoms. The lowest BCUT2D eigenvalue weighted by Gasteiger charge is -2.16. The molecule has 2 heterocycles. The van der Waals surface area contributed by atoms with Crippen LogP contribution in [-0.2, 0) is 16.0 Å². The van der Waals surface area contributed by atoms with Gasteiger partial charge in [-0.3, -0.25) is 4.98 Å². The summed E-state index contributed by atoms with van der Waals surface area (Å²) in [6.07, 6.45) is 1.67. The Morgan fingerprint density at radius 2 is 2.05 bits per heavy atom. The summed E-state index contributed by atoms with van der Waals surface area (Å²) < 4.78 is 12.6. The van der Waals surface area contributed by atoms with Crippen molar-refractivity contribution in [3.05, 3.63) is 30.5 Å². The van der Waals surface area contributed by atoms with E-state index in [-0.39, 0.29) is 6.10 Å². The Balaban J connectivity index is 2.16. The van der Waals surface area contributed by atoms with Crippen LogP contribution >= 0.6 is 0 Å². The first kappa shape index (κ1) is 13.8. The van der Waals surface area contributed by atoms with Gasteiger partial charge >= 0.3 is 0 Å². The predicted molar refractivity (Wildman–Crippen MR) is 82.1 cm³/mol. The molecule has 0 spiro atoms. The number of methoxy groups -OCH3 is 2. The van der Waals surface area contributed by atoms with Gasteiger partial charge in [-0.25, -0.2) is 4.98 Å². The van der Waals surface area contributed by atoms with E-state index in [1.54, 1.807) is 20.4 Å². The second kappa shape index (κ2) is 5.67. The molecular formula is C15H18N4O2. The van der Waals surface area contributed by atoms with Crippen molar-refractivity contribution in [2.75, 3.05) is 26.6 Å². The van der Waals surface area contributed by atoms with Crippen LogP contribution in [0.25, 0.3) is 21.9 Å². The molecule has 0 bridgehead atoms. The molecule has 6 nitrogen and oxygen atoms in total. The van der Waals surface area contributed by atoms with Gasteiger partial charge in [0.1, 0.15) is 5.52 Å². The zero-order chi connectivity index (χ0) is 14.8. The monoisotopic (exact) mass is 286 g/mol. The third kappa shape index (κ3) is 2.43. The van der Waals surface area contributed by atoms with Crippen molar-refractivity contribution in [1.29, 1.82) is 0 Å². The van der Waals surface area contributed by atoms with E-state index in [1.807, 2.05) is 28.8 Å². The number of nitrogens with two attached hydrogens (primary N) is 1. The summed E-state index contributed by atoms with van der Waals surface area (Å²) >= 11 is 0. The minimum atomic E-state index is -0.0818. The van der Waals surface area contributed by atoms with Gasteiger partial charge in [-0.2, -0.15) is 0 Å². The van der Waals surface area contributed by atoms with Gasteiger partial charge < -0.3 is 19.8 Å². The number of benzene rings is 1. The van der Waals surface area contributed by atoms with Crippen LogP contribution in [0.4, 0.5) is 5.95 Å². The smallest absolute Gasteiger partial charge is 0.201 e. The average Bonchev–Trinajstić information content (AvgIpc) is 2.83. The number of rotatable bonds is 5. The highest BCUT2D eigenvalue weighted by Gasteiger charge is 2.16. The molecule has 0 saturated carbocycles. The summed E-state index contributed by atoms with van der Waals surface area (Å²) in [6.45, 7) is 1.08. The summed E-state index contributed by atoms with van der Waals surface area (Å²) in [5, 5.41) is 1.03. The first-order chi connectivity index (χ1) is 10.2. The first-order valence-corrected chi connectivity index (χ1v) is 6.75. The van der Waals surface area contributed by atoms with Crippen LogP contribution in [0.15, 0.2) is 30.5 Å². The molecule has 0 radical (unpaired) electrons. The van der Waals surface area contributed by atoms with Gasteiger partial charge in [0.15, 0.2) is 0 Å². The Morgan fingerprint density at radius 3 is 2.81 bits per heavy atom. The van der Waals surface area contributed by atoms with E-state index < -0.39 is 0 Å². The summed E-state index contributed by atoms with van der Waals surface area (Å²) in [7, 11) is 3.32. The standard InChI is InChI=1S/C15H18N4O2/c1-20-9-10(21-2)8-19-14-11-5-3-4-6-12(11)17-7-13(14)18-15(19)16/h3-7,10H,8-9H2,1-2H3,(H2,16,18). The zero-order valence-electron chi connectivity index (χ0n) is 12.1. The Labute approximate surface area is 122 Å². The van der Waals surface area contributed by atoms with Crippen LogP contribution in [0.3, 0.4) is 0 Å². The summed E-state index contributed by atoms with van der Waals surface area (Å²) in [5.74, 6) is 0.460. The number of para-hydroxylation sites is 1. The van der Waals surface area contributed by atoms with E-state index in [4.69, 9.17) is 15.2 Å². The van der Waals surface area contributed by atoms with Gasteiger partial charge in [0, 0.05) is 19.6 Å². The Bertz CT molecular complexity index is 769. The first-order valence-electron chi connectivity index (χ1n) is 6.75. The number of nitrogen functional groups attached to an aromatic ring is 1. The maximum absolute atomic E-state index is 6.07. The van der Waals surface area contributed by atoms with Gasteiger partial charge in [0.05, 0.1) is 36.5 Å². The summed E-state index contributed by atoms with van der Waals surface area (Å²) in [4.78, 5) is 8.80. The van der Waals surface area contributed by atoms with E-state index in [0.717, 1.165) is 21.9 Å². The highest BCUT2D eigenvalue weighted by molar-refractivity contribution is 6.02. The topological polar surface area (TPSA) is 75.2 Å². The third-order valence-electron chi connectivity index (χ3n) is 3.58. The van der Waals surface area contributed by atoms with Gasteiger partial charge in [-0.05, 0) is 6.07 Å².